The van der Waals surface area contributed by atoms with E-state index in [1.807, 2.05) is 27.9 Å². The molecule has 0 amide bonds. The van der Waals surface area contributed by atoms with E-state index in [2.05, 4.69) is 6.58 Å². The minimum atomic E-state index is -1.87. The van der Waals surface area contributed by atoms with Crippen LogP contribution in [0.5, 0.6) is 0 Å². The van der Waals surface area contributed by atoms with Gasteiger partial charge in [-0.25, -0.2) is 0 Å². The summed E-state index contributed by atoms with van der Waals surface area (Å²) in [6.07, 6.45) is 1.26. The van der Waals surface area contributed by atoms with Crippen LogP contribution >= 0.6 is 12.4 Å². The number of ether oxygens (including phenoxy) is 2. The minimum Gasteiger partial charge on any atom is -0.461 e. The largest absolute Gasteiger partial charge is 0.461 e. The number of Topliss-reactive ketones (excluding diaryl/α,β-unsaturated/α-hetero) is 1. The topological polar surface area (TPSA) is 96.3 Å². The maximum atomic E-state index is 13.6. The van der Waals surface area contributed by atoms with Crippen molar-refractivity contribution in [3.8, 4) is 0 Å². The Bertz CT molecular complexity index is 817. The Balaban J connectivity index is 0.00000385. The van der Waals surface area contributed by atoms with Gasteiger partial charge in [-0.3, -0.25) is 14.5 Å². The molecule has 8 heteroatoms. The quantitative estimate of drug-likeness (QED) is 0.465. The average molecular weight is 488 g/mol. The van der Waals surface area contributed by atoms with Crippen LogP contribution in [0.25, 0.3) is 0 Å². The number of hydrogen-bond donors (Lipinski definition) is 2. The molecule has 8 atom stereocenters. The highest BCUT2D eigenvalue weighted by atomic mass is 35.5. The number of nitrogens with zero attached hydrogens (tertiary/aromatic N) is 1. The van der Waals surface area contributed by atoms with Crippen molar-refractivity contribution in [2.75, 3.05) is 14.1 Å². The van der Waals surface area contributed by atoms with Gasteiger partial charge in [-0.2, -0.15) is 0 Å². The number of carbonyl (C=O) groups is 2. The van der Waals surface area contributed by atoms with E-state index in [0.717, 1.165) is 0 Å². The van der Waals surface area contributed by atoms with Crippen LogP contribution in [0.2, 0.25) is 0 Å². The molecule has 3 rings (SSSR count). The lowest BCUT2D eigenvalue weighted by atomic mass is 9.40. The van der Waals surface area contributed by atoms with E-state index in [1.165, 1.54) is 0 Å². The van der Waals surface area contributed by atoms with Crippen LogP contribution in [0.15, 0.2) is 12.7 Å². The predicted molar refractivity (Wildman–Crippen MR) is 128 cm³/mol. The summed E-state index contributed by atoms with van der Waals surface area (Å²) in [4.78, 5) is 28.1. The molecule has 33 heavy (non-hydrogen) atoms. The maximum absolute atomic E-state index is 13.6. The number of rotatable bonds is 4. The third-order valence-electron chi connectivity index (χ3n) is 9.22. The van der Waals surface area contributed by atoms with E-state index in [1.54, 1.807) is 38.7 Å². The molecule has 7 nitrogen and oxygen atoms in total. The third-order valence-corrected chi connectivity index (χ3v) is 9.22. The molecule has 0 radical (unpaired) electrons. The lowest BCUT2D eigenvalue weighted by molar-refractivity contribution is -0.332. The lowest BCUT2D eigenvalue weighted by Crippen LogP contribution is -2.81. The molecule has 0 spiro atoms. The summed E-state index contributed by atoms with van der Waals surface area (Å²) in [6.45, 7) is 15.0. The first-order valence-electron chi connectivity index (χ1n) is 11.6. The zero-order chi connectivity index (χ0) is 24.5. The monoisotopic (exact) mass is 487 g/mol. The molecule has 2 N–H and O–H groups in total. The molecule has 0 aromatic rings. The van der Waals surface area contributed by atoms with Gasteiger partial charge in [0.05, 0.1) is 11.7 Å². The van der Waals surface area contributed by atoms with Gasteiger partial charge in [0.15, 0.2) is 11.4 Å². The molecule has 0 aromatic carbocycles. The molecule has 2 saturated carbocycles. The van der Waals surface area contributed by atoms with Gasteiger partial charge in [0.2, 0.25) is 0 Å². The number of fused-ring (bicyclic) bond motifs is 3. The number of ketones is 1. The Morgan fingerprint density at radius 2 is 1.85 bits per heavy atom. The van der Waals surface area contributed by atoms with Crippen molar-refractivity contribution in [3.63, 3.8) is 0 Å². The number of carbonyl (C=O) groups excluding carboxylic acids is 2. The summed E-state index contributed by atoms with van der Waals surface area (Å²) in [7, 11) is 3.63. The van der Waals surface area contributed by atoms with Crippen molar-refractivity contribution < 1.29 is 29.3 Å². The van der Waals surface area contributed by atoms with E-state index < -0.39 is 45.9 Å². The third kappa shape index (κ3) is 3.79. The van der Waals surface area contributed by atoms with Gasteiger partial charge in [-0.05, 0) is 53.6 Å². The van der Waals surface area contributed by atoms with Crippen molar-refractivity contribution in [1.82, 2.24) is 4.90 Å². The molecule has 190 valence electrons. The highest BCUT2D eigenvalue weighted by Gasteiger charge is 2.76. The second-order valence-corrected chi connectivity index (χ2v) is 11.7. The second kappa shape index (κ2) is 8.59. The zero-order valence-corrected chi connectivity index (χ0v) is 22.1. The fraction of sp³-hybridized carbons (Fsp3) is 0.840. The van der Waals surface area contributed by atoms with Crippen molar-refractivity contribution in [2.45, 2.75) is 102 Å². The molecule has 3 fully saturated rings. The fourth-order valence-corrected chi connectivity index (χ4v) is 6.80. The van der Waals surface area contributed by atoms with E-state index >= 15 is 0 Å². The smallest absolute Gasteiger partial charge is 0.323 e. The molecule has 0 bridgehead atoms. The molecular weight excluding hydrogens is 446 g/mol. The summed E-state index contributed by atoms with van der Waals surface area (Å²) < 4.78 is 12.3. The predicted octanol–water partition coefficient (Wildman–Crippen LogP) is 2.90. The normalized spacial score (nSPS) is 45.3. The molecule has 2 aliphatic carbocycles. The molecule has 3 aliphatic rings. The van der Waals surface area contributed by atoms with Crippen molar-refractivity contribution in [1.29, 1.82) is 0 Å². The van der Waals surface area contributed by atoms with Gasteiger partial charge in [0.1, 0.15) is 17.7 Å². The maximum Gasteiger partial charge on any atom is 0.323 e. The summed E-state index contributed by atoms with van der Waals surface area (Å²) in [6, 6.07) is -0.417. The van der Waals surface area contributed by atoms with E-state index in [4.69, 9.17) is 9.47 Å². The molecule has 3 unspecified atom stereocenters. The Labute approximate surface area is 204 Å². The molecule has 1 heterocycles. The number of aliphatic hydroxyl groups excluding tert-OH is 1. The summed E-state index contributed by atoms with van der Waals surface area (Å²) in [5.41, 5.74) is -5.60. The van der Waals surface area contributed by atoms with Crippen LogP contribution in [0.3, 0.4) is 0 Å². The molecule has 1 saturated heterocycles. The molecular formula is C25H42ClNO6. The Kier molecular flexibility index (Phi) is 7.36. The van der Waals surface area contributed by atoms with E-state index in [9.17, 15) is 19.8 Å². The number of hydrogen-bond acceptors (Lipinski definition) is 7. The van der Waals surface area contributed by atoms with Crippen molar-refractivity contribution in [2.24, 2.45) is 16.7 Å². The number of halogens is 1. The van der Waals surface area contributed by atoms with Crippen LogP contribution in [0, 0.1) is 16.7 Å². The highest BCUT2D eigenvalue weighted by Crippen LogP contribution is 2.66. The minimum absolute atomic E-state index is 0. The van der Waals surface area contributed by atoms with Gasteiger partial charge in [-0.1, -0.05) is 26.8 Å². The second-order valence-electron chi connectivity index (χ2n) is 11.7. The van der Waals surface area contributed by atoms with Gasteiger partial charge in [0, 0.05) is 23.7 Å². The van der Waals surface area contributed by atoms with Crippen LogP contribution in [0.4, 0.5) is 0 Å². The standard InChI is InChI=1S/C25H41NO6.ClH/c1-10-22(5)14-18(28)25(30)23(6,32-22)12-11-16-21(3,4)19(13-17(27)24(16,25)7)31-20(29)15(2)26(8)9;/h10,15-17,19,27,30H,1,11-14H2,2-9H3;1H/t15?,16-,17?,19?,22-,23+,24+,25+;/m0./s1. The summed E-state index contributed by atoms with van der Waals surface area (Å²) >= 11 is 0. The van der Waals surface area contributed by atoms with Crippen LogP contribution < -0.4 is 0 Å². The van der Waals surface area contributed by atoms with Crippen LogP contribution in [0.1, 0.15) is 67.2 Å². The van der Waals surface area contributed by atoms with E-state index in [-0.39, 0.29) is 42.9 Å². The first-order valence-corrected chi connectivity index (χ1v) is 11.6. The van der Waals surface area contributed by atoms with E-state index in [0.29, 0.717) is 12.8 Å². The van der Waals surface area contributed by atoms with Gasteiger partial charge in [0.25, 0.3) is 0 Å². The summed E-state index contributed by atoms with van der Waals surface area (Å²) in [5, 5.41) is 23.6. The zero-order valence-electron chi connectivity index (χ0n) is 21.3. The average Bonchev–Trinajstić information content (AvgIpc) is 2.68. The first-order chi connectivity index (χ1) is 14.5. The molecule has 1 aliphatic heterocycles. The number of esters is 1. The Morgan fingerprint density at radius 3 is 2.36 bits per heavy atom. The summed E-state index contributed by atoms with van der Waals surface area (Å²) in [5.74, 6) is -0.931. The lowest BCUT2D eigenvalue weighted by Gasteiger charge is -2.69. The Morgan fingerprint density at radius 1 is 1.27 bits per heavy atom. The SMILES string of the molecule is C=C[C@@]1(C)CC(=O)[C@@]2(O)[C@@](C)(CC[C@H]3C(C)(C)C(OC(=O)C(C)N(C)C)CC(O)[C@@]32C)O1.Cl. The van der Waals surface area contributed by atoms with Gasteiger partial charge < -0.3 is 19.7 Å². The Hall–Kier alpha value is -0.990. The highest BCUT2D eigenvalue weighted by molar-refractivity contribution is 5.92. The van der Waals surface area contributed by atoms with Gasteiger partial charge >= 0.3 is 5.97 Å². The number of likely N-dealkylation sites (N-methyl/N-ethyl adjacent to an activating group) is 1. The van der Waals surface area contributed by atoms with Gasteiger partial charge in [-0.15, -0.1) is 19.0 Å². The first kappa shape index (κ1) is 28.2. The van der Waals surface area contributed by atoms with Crippen molar-refractivity contribution in [3.05, 3.63) is 12.7 Å². The van der Waals surface area contributed by atoms with Crippen molar-refractivity contribution >= 4 is 24.2 Å². The number of aliphatic hydroxyl groups is 2. The molecule has 0 aromatic heterocycles. The fourth-order valence-electron chi connectivity index (χ4n) is 6.80. The van der Waals surface area contributed by atoms with Crippen LogP contribution in [-0.2, 0) is 19.1 Å². The van der Waals surface area contributed by atoms with Crippen LogP contribution in [-0.4, -0.2) is 76.0 Å².